The molecule has 2 aromatic rings. The van der Waals surface area contributed by atoms with Gasteiger partial charge in [0.2, 0.25) is 5.91 Å². The maximum absolute atomic E-state index is 12.8. The maximum Gasteiger partial charge on any atom is 0.404 e. The molecule has 0 unspecified atom stereocenters. The molecule has 0 atom stereocenters. The zero-order valence-corrected chi connectivity index (χ0v) is 13.1. The van der Waals surface area contributed by atoms with Crippen molar-refractivity contribution in [3.05, 3.63) is 55.9 Å². The fourth-order valence-corrected chi connectivity index (χ4v) is 2.20. The zero-order valence-electron chi connectivity index (χ0n) is 11.5. The van der Waals surface area contributed by atoms with Gasteiger partial charge in [-0.25, -0.2) is 4.39 Å². The van der Waals surface area contributed by atoms with Crippen molar-refractivity contribution in [2.24, 2.45) is 0 Å². The topological polar surface area (TPSA) is 90.1 Å². The molecule has 116 valence electrons. The highest BCUT2D eigenvalue weighted by atomic mass is 79.9. The van der Waals surface area contributed by atoms with Crippen LogP contribution in [0.25, 0.3) is 0 Å². The zero-order chi connectivity index (χ0) is 16.3. The van der Waals surface area contributed by atoms with Crippen LogP contribution in [0.3, 0.4) is 0 Å². The van der Waals surface area contributed by atoms with Gasteiger partial charge in [-0.2, -0.15) is 4.68 Å². The summed E-state index contributed by atoms with van der Waals surface area (Å²) < 4.78 is 14.3. The van der Waals surface area contributed by atoms with Crippen molar-refractivity contribution < 1.29 is 14.1 Å². The van der Waals surface area contributed by atoms with Crippen molar-refractivity contribution >= 4 is 27.7 Å². The lowest BCUT2D eigenvalue weighted by Crippen LogP contribution is -2.28. The predicted octanol–water partition coefficient (Wildman–Crippen LogP) is 2.32. The van der Waals surface area contributed by atoms with Gasteiger partial charge in [0.05, 0.1) is 10.8 Å². The van der Waals surface area contributed by atoms with Gasteiger partial charge < -0.3 is 15.4 Å². The summed E-state index contributed by atoms with van der Waals surface area (Å²) in [6.45, 7) is 1.72. The SMILES string of the molecule is Cc1c(Br)c([N+](=O)[O-])nn1CC(=O)NCc1ccc(F)cc1. The second kappa shape index (κ2) is 6.65. The van der Waals surface area contributed by atoms with Crippen molar-refractivity contribution in [3.8, 4) is 0 Å². The summed E-state index contributed by atoms with van der Waals surface area (Å²) in [7, 11) is 0. The molecule has 1 N–H and O–H groups in total. The molecular formula is C13H12BrFN4O3. The van der Waals surface area contributed by atoms with E-state index in [1.54, 1.807) is 19.1 Å². The third-order valence-corrected chi connectivity index (χ3v) is 3.91. The van der Waals surface area contributed by atoms with E-state index in [4.69, 9.17) is 0 Å². The number of carbonyl (C=O) groups is 1. The summed E-state index contributed by atoms with van der Waals surface area (Å²) in [4.78, 5) is 22.0. The van der Waals surface area contributed by atoms with Gasteiger partial charge in [0.25, 0.3) is 0 Å². The predicted molar refractivity (Wildman–Crippen MR) is 79.6 cm³/mol. The van der Waals surface area contributed by atoms with Crippen molar-refractivity contribution in [1.29, 1.82) is 0 Å². The number of nitro groups is 1. The van der Waals surface area contributed by atoms with Crippen LogP contribution in [0.4, 0.5) is 10.2 Å². The first-order valence-corrected chi connectivity index (χ1v) is 7.06. The van der Waals surface area contributed by atoms with Crippen LogP contribution in [0.2, 0.25) is 0 Å². The average Bonchev–Trinajstić information content (AvgIpc) is 2.75. The maximum atomic E-state index is 12.8. The number of hydrogen-bond acceptors (Lipinski definition) is 4. The van der Waals surface area contributed by atoms with E-state index in [1.807, 2.05) is 0 Å². The highest BCUT2D eigenvalue weighted by Gasteiger charge is 2.24. The van der Waals surface area contributed by atoms with Crippen LogP contribution in [0.15, 0.2) is 28.7 Å². The number of nitrogens with zero attached hydrogens (tertiary/aromatic N) is 3. The van der Waals surface area contributed by atoms with Crippen LogP contribution in [0.1, 0.15) is 11.3 Å². The lowest BCUT2D eigenvalue weighted by atomic mass is 10.2. The Balaban J connectivity index is 1.99. The largest absolute Gasteiger partial charge is 0.404 e. The van der Waals surface area contributed by atoms with Crippen molar-refractivity contribution in [2.75, 3.05) is 0 Å². The third kappa shape index (κ3) is 3.67. The lowest BCUT2D eigenvalue weighted by molar-refractivity contribution is -0.390. The molecule has 22 heavy (non-hydrogen) atoms. The molecule has 9 heteroatoms. The van der Waals surface area contributed by atoms with Crippen molar-refractivity contribution in [2.45, 2.75) is 20.0 Å². The van der Waals surface area contributed by atoms with Gasteiger partial charge in [0, 0.05) is 6.54 Å². The number of rotatable bonds is 5. The van der Waals surface area contributed by atoms with E-state index in [1.165, 1.54) is 16.8 Å². The Bertz CT molecular complexity index is 715. The number of nitrogens with one attached hydrogen (secondary N) is 1. The van der Waals surface area contributed by atoms with Crippen LogP contribution in [-0.2, 0) is 17.9 Å². The minimum atomic E-state index is -0.621. The molecule has 0 aliphatic heterocycles. The van der Waals surface area contributed by atoms with Crippen LogP contribution in [0, 0.1) is 22.9 Å². The van der Waals surface area contributed by atoms with Gasteiger partial charge >= 0.3 is 5.82 Å². The van der Waals surface area contributed by atoms with Gasteiger partial charge in [-0.1, -0.05) is 12.1 Å². The summed E-state index contributed by atoms with van der Waals surface area (Å²) in [5.41, 5.74) is 1.24. The van der Waals surface area contributed by atoms with Crippen LogP contribution in [0.5, 0.6) is 0 Å². The minimum absolute atomic E-state index is 0.139. The normalized spacial score (nSPS) is 10.5. The quantitative estimate of drug-likeness (QED) is 0.645. The van der Waals surface area contributed by atoms with E-state index in [2.05, 4.69) is 26.3 Å². The van der Waals surface area contributed by atoms with E-state index >= 15 is 0 Å². The molecule has 1 aromatic carbocycles. The molecule has 2 rings (SSSR count). The Kier molecular flexibility index (Phi) is 4.86. The number of benzene rings is 1. The Hall–Kier alpha value is -2.29. The fraction of sp³-hybridized carbons (Fsp3) is 0.231. The summed E-state index contributed by atoms with van der Waals surface area (Å²) in [6.07, 6.45) is 0. The summed E-state index contributed by atoms with van der Waals surface area (Å²) in [5.74, 6) is -1.03. The third-order valence-electron chi connectivity index (χ3n) is 2.99. The summed E-state index contributed by atoms with van der Waals surface area (Å²) in [5, 5.41) is 17.2. The first-order chi connectivity index (χ1) is 10.4. The molecule has 0 saturated heterocycles. The van der Waals surface area contributed by atoms with Gasteiger partial charge in [0.1, 0.15) is 16.8 Å². The van der Waals surface area contributed by atoms with E-state index in [0.717, 1.165) is 5.56 Å². The minimum Gasteiger partial charge on any atom is -0.358 e. The standard InChI is InChI=1S/C13H12BrFN4O3/c1-8-12(14)13(19(21)22)17-18(8)7-11(20)16-6-9-2-4-10(15)5-3-9/h2-5H,6-7H2,1H3,(H,16,20). The Morgan fingerprint density at radius 2 is 2.09 bits per heavy atom. The molecule has 0 fully saturated rings. The van der Waals surface area contributed by atoms with E-state index in [9.17, 15) is 19.3 Å². The van der Waals surface area contributed by atoms with Crippen LogP contribution < -0.4 is 5.32 Å². The molecule has 0 radical (unpaired) electrons. The first kappa shape index (κ1) is 16.1. The second-order valence-electron chi connectivity index (χ2n) is 4.54. The number of amides is 1. The lowest BCUT2D eigenvalue weighted by Gasteiger charge is -2.05. The first-order valence-electron chi connectivity index (χ1n) is 6.27. The van der Waals surface area contributed by atoms with Gasteiger partial charge in [0.15, 0.2) is 0 Å². The van der Waals surface area contributed by atoms with Gasteiger partial charge in [-0.15, -0.1) is 0 Å². The highest BCUT2D eigenvalue weighted by Crippen LogP contribution is 2.26. The van der Waals surface area contributed by atoms with E-state index in [0.29, 0.717) is 5.69 Å². The highest BCUT2D eigenvalue weighted by molar-refractivity contribution is 9.10. The van der Waals surface area contributed by atoms with Crippen LogP contribution >= 0.6 is 15.9 Å². The second-order valence-corrected chi connectivity index (χ2v) is 5.33. The molecule has 0 aliphatic carbocycles. The summed E-state index contributed by atoms with van der Waals surface area (Å²) in [6, 6.07) is 5.74. The molecule has 0 aliphatic rings. The van der Waals surface area contributed by atoms with E-state index in [-0.39, 0.29) is 35.1 Å². The van der Waals surface area contributed by atoms with Crippen molar-refractivity contribution in [3.63, 3.8) is 0 Å². The molecule has 1 amide bonds. The van der Waals surface area contributed by atoms with Gasteiger partial charge in [-0.3, -0.25) is 4.79 Å². The molecule has 1 heterocycles. The van der Waals surface area contributed by atoms with E-state index < -0.39 is 4.92 Å². The molecule has 7 nitrogen and oxygen atoms in total. The monoisotopic (exact) mass is 370 g/mol. The molecule has 0 spiro atoms. The smallest absolute Gasteiger partial charge is 0.358 e. The number of aromatic nitrogens is 2. The number of hydrogen-bond donors (Lipinski definition) is 1. The van der Waals surface area contributed by atoms with Crippen molar-refractivity contribution in [1.82, 2.24) is 15.1 Å². The summed E-state index contributed by atoms with van der Waals surface area (Å²) >= 11 is 3.08. The van der Waals surface area contributed by atoms with Crippen LogP contribution in [-0.4, -0.2) is 20.6 Å². The Morgan fingerprint density at radius 1 is 1.45 bits per heavy atom. The molecule has 0 bridgehead atoms. The average molecular weight is 371 g/mol. The molecule has 1 aromatic heterocycles. The number of carbonyl (C=O) groups excluding carboxylic acids is 1. The fourth-order valence-electron chi connectivity index (χ4n) is 1.77. The van der Waals surface area contributed by atoms with Gasteiger partial charge in [-0.05, 0) is 45.5 Å². The Labute approximate surface area is 133 Å². The Morgan fingerprint density at radius 3 is 2.64 bits per heavy atom. The molecule has 0 saturated carbocycles. The number of halogens is 2. The molecular weight excluding hydrogens is 359 g/mol.